The normalized spacial score (nSPS) is 15.7. The Bertz CT molecular complexity index is 655. The highest BCUT2D eigenvalue weighted by atomic mass is 32.2. The molecule has 1 aliphatic heterocycles. The first-order valence-corrected chi connectivity index (χ1v) is 9.66. The van der Waals surface area contributed by atoms with E-state index < -0.39 is 0 Å². The second kappa shape index (κ2) is 8.11. The zero-order valence-corrected chi connectivity index (χ0v) is 15.0. The third-order valence-corrected chi connectivity index (χ3v) is 6.00. The minimum absolute atomic E-state index is 0.237. The Labute approximate surface area is 145 Å². The Hall–Kier alpha value is -1.14. The molecule has 1 saturated heterocycles. The number of hydrogen-bond donors (Lipinski definition) is 1. The zero-order chi connectivity index (χ0) is 16.1. The van der Waals surface area contributed by atoms with Crippen molar-refractivity contribution in [1.82, 2.24) is 24.7 Å². The lowest BCUT2D eigenvalue weighted by atomic mass is 10.4. The summed E-state index contributed by atoms with van der Waals surface area (Å²) in [6.07, 6.45) is 0. The van der Waals surface area contributed by atoms with Crippen LogP contribution in [0.3, 0.4) is 0 Å². The molecule has 2 aromatic heterocycles. The molecule has 1 fully saturated rings. The summed E-state index contributed by atoms with van der Waals surface area (Å²) in [5.41, 5.74) is 0.622. The van der Waals surface area contributed by atoms with Crippen LogP contribution in [0, 0.1) is 6.92 Å². The number of nitrogens with zero attached hydrogens (tertiary/aromatic N) is 5. The molecule has 11 heteroatoms. The molecular formula is C12H16N6O2S3. The molecule has 0 saturated carbocycles. The number of rotatable bonds is 6. The number of morpholine rings is 1. The van der Waals surface area contributed by atoms with E-state index in [1.54, 1.807) is 18.7 Å². The second-order valence-electron chi connectivity index (χ2n) is 4.82. The fourth-order valence-corrected chi connectivity index (χ4v) is 4.37. The summed E-state index contributed by atoms with van der Waals surface area (Å²) < 4.78 is 9.94. The highest BCUT2D eigenvalue weighted by Gasteiger charge is 2.16. The quantitative estimate of drug-likeness (QED) is 0.600. The van der Waals surface area contributed by atoms with Crippen molar-refractivity contribution in [2.75, 3.05) is 43.9 Å². The number of nitrogens with one attached hydrogen (secondary N) is 1. The number of thioether (sulfide) groups is 1. The lowest BCUT2D eigenvalue weighted by Gasteiger charge is -2.25. The molecule has 0 aromatic carbocycles. The van der Waals surface area contributed by atoms with Gasteiger partial charge < -0.3 is 4.74 Å². The molecule has 1 aliphatic rings. The number of aryl methyl sites for hydroxylation is 1. The Morgan fingerprint density at radius 3 is 2.91 bits per heavy atom. The number of anilines is 1. The van der Waals surface area contributed by atoms with Gasteiger partial charge >= 0.3 is 0 Å². The van der Waals surface area contributed by atoms with Crippen LogP contribution in [0.4, 0.5) is 5.13 Å². The van der Waals surface area contributed by atoms with E-state index in [0.29, 0.717) is 15.7 Å². The predicted octanol–water partition coefficient (Wildman–Crippen LogP) is 1.37. The largest absolute Gasteiger partial charge is 0.379 e. The average molecular weight is 373 g/mol. The minimum atomic E-state index is -0.237. The number of carbonyl (C=O) groups excluding carboxylic acids is 1. The van der Waals surface area contributed by atoms with Crippen molar-refractivity contribution in [3.8, 4) is 0 Å². The van der Waals surface area contributed by atoms with Gasteiger partial charge in [0.2, 0.25) is 5.13 Å². The maximum atomic E-state index is 12.1. The van der Waals surface area contributed by atoms with Gasteiger partial charge in [-0.05, 0) is 18.5 Å². The summed E-state index contributed by atoms with van der Waals surface area (Å²) in [5.74, 6) is 0.707. The average Bonchev–Trinajstić information content (AvgIpc) is 3.17. The fourth-order valence-electron chi connectivity index (χ4n) is 2.00. The summed E-state index contributed by atoms with van der Waals surface area (Å²) in [5, 5.41) is 15.2. The SMILES string of the molecule is Cc1nnsc1C(=O)Nc1nnc(SCCN2CCOCC2)s1. The molecule has 0 atom stereocenters. The predicted molar refractivity (Wildman–Crippen MR) is 90.5 cm³/mol. The van der Waals surface area contributed by atoms with Gasteiger partial charge in [-0.3, -0.25) is 15.0 Å². The van der Waals surface area contributed by atoms with Gasteiger partial charge in [0.1, 0.15) is 4.88 Å². The smallest absolute Gasteiger partial charge is 0.271 e. The summed E-state index contributed by atoms with van der Waals surface area (Å²) in [7, 11) is 0. The Morgan fingerprint density at radius 1 is 1.35 bits per heavy atom. The Morgan fingerprint density at radius 2 is 2.17 bits per heavy atom. The molecule has 124 valence electrons. The number of hydrogen-bond acceptors (Lipinski definition) is 10. The fraction of sp³-hybridized carbons (Fsp3) is 0.583. The molecule has 23 heavy (non-hydrogen) atoms. The van der Waals surface area contributed by atoms with Crippen LogP contribution in [0.15, 0.2) is 4.34 Å². The van der Waals surface area contributed by atoms with Crippen LogP contribution in [-0.2, 0) is 4.74 Å². The summed E-state index contributed by atoms with van der Waals surface area (Å²) in [6.45, 7) is 6.35. The van der Waals surface area contributed by atoms with E-state index in [9.17, 15) is 4.79 Å². The molecule has 3 heterocycles. The number of aromatic nitrogens is 4. The van der Waals surface area contributed by atoms with Gasteiger partial charge in [0.25, 0.3) is 5.91 Å². The van der Waals surface area contributed by atoms with Crippen LogP contribution in [0.25, 0.3) is 0 Å². The van der Waals surface area contributed by atoms with Gasteiger partial charge in [-0.15, -0.1) is 15.3 Å². The molecule has 3 rings (SSSR count). The zero-order valence-electron chi connectivity index (χ0n) is 12.5. The van der Waals surface area contributed by atoms with Crippen LogP contribution in [-0.4, -0.2) is 69.2 Å². The highest BCUT2D eigenvalue weighted by Crippen LogP contribution is 2.26. The van der Waals surface area contributed by atoms with Crippen LogP contribution in [0.1, 0.15) is 15.4 Å². The van der Waals surface area contributed by atoms with Gasteiger partial charge in [0.15, 0.2) is 4.34 Å². The first-order chi connectivity index (χ1) is 11.2. The van der Waals surface area contributed by atoms with Crippen molar-refractivity contribution in [2.24, 2.45) is 0 Å². The summed E-state index contributed by atoms with van der Waals surface area (Å²) in [4.78, 5) is 14.9. The van der Waals surface area contributed by atoms with E-state index >= 15 is 0 Å². The van der Waals surface area contributed by atoms with Gasteiger partial charge in [-0.25, -0.2) is 0 Å². The van der Waals surface area contributed by atoms with E-state index in [4.69, 9.17) is 4.74 Å². The first kappa shape index (κ1) is 16.7. The maximum Gasteiger partial charge on any atom is 0.271 e. The molecule has 1 amide bonds. The van der Waals surface area contributed by atoms with Crippen LogP contribution < -0.4 is 5.32 Å². The monoisotopic (exact) mass is 372 g/mol. The number of carbonyl (C=O) groups is 1. The Balaban J connectivity index is 1.46. The lowest BCUT2D eigenvalue weighted by molar-refractivity contribution is 0.0410. The maximum absolute atomic E-state index is 12.1. The van der Waals surface area contributed by atoms with Gasteiger partial charge in [-0.2, -0.15) is 0 Å². The van der Waals surface area contributed by atoms with Gasteiger partial charge in [0.05, 0.1) is 18.9 Å². The van der Waals surface area contributed by atoms with Crippen molar-refractivity contribution in [3.05, 3.63) is 10.6 Å². The molecule has 2 aromatic rings. The molecule has 0 bridgehead atoms. The number of amides is 1. The van der Waals surface area contributed by atoms with Crippen LogP contribution >= 0.6 is 34.6 Å². The van der Waals surface area contributed by atoms with Crippen molar-refractivity contribution in [3.63, 3.8) is 0 Å². The molecular weight excluding hydrogens is 356 g/mol. The molecule has 8 nitrogen and oxygen atoms in total. The van der Waals surface area contributed by atoms with Crippen molar-refractivity contribution in [1.29, 1.82) is 0 Å². The van der Waals surface area contributed by atoms with Crippen molar-refractivity contribution in [2.45, 2.75) is 11.3 Å². The van der Waals surface area contributed by atoms with E-state index in [1.165, 1.54) is 11.3 Å². The van der Waals surface area contributed by atoms with E-state index in [2.05, 4.69) is 30.0 Å². The van der Waals surface area contributed by atoms with E-state index in [0.717, 1.165) is 54.5 Å². The van der Waals surface area contributed by atoms with E-state index in [1.807, 2.05) is 0 Å². The highest BCUT2D eigenvalue weighted by molar-refractivity contribution is 8.01. The minimum Gasteiger partial charge on any atom is -0.379 e. The van der Waals surface area contributed by atoms with Crippen molar-refractivity contribution < 1.29 is 9.53 Å². The third-order valence-electron chi connectivity index (χ3n) is 3.22. The van der Waals surface area contributed by atoms with Crippen LogP contribution in [0.2, 0.25) is 0 Å². The topological polar surface area (TPSA) is 93.1 Å². The molecule has 0 aliphatic carbocycles. The molecule has 0 radical (unpaired) electrons. The number of ether oxygens (including phenoxy) is 1. The van der Waals surface area contributed by atoms with Gasteiger partial charge in [-0.1, -0.05) is 27.6 Å². The van der Waals surface area contributed by atoms with E-state index in [-0.39, 0.29) is 5.91 Å². The second-order valence-corrected chi connectivity index (χ2v) is 7.89. The summed E-state index contributed by atoms with van der Waals surface area (Å²) in [6, 6.07) is 0. The molecule has 0 spiro atoms. The standard InChI is InChI=1S/C12H16N6O2S3/c1-8-9(23-17-14-8)10(19)13-11-15-16-12(22-11)21-7-4-18-2-5-20-6-3-18/h2-7H2,1H3,(H,13,15,19). The molecule has 0 unspecified atom stereocenters. The van der Waals surface area contributed by atoms with Crippen molar-refractivity contribution >= 4 is 45.7 Å². The lowest BCUT2D eigenvalue weighted by Crippen LogP contribution is -2.37. The molecule has 1 N–H and O–H groups in total. The third kappa shape index (κ3) is 4.67. The Kier molecular flexibility index (Phi) is 5.89. The van der Waals surface area contributed by atoms with Gasteiger partial charge in [0, 0.05) is 25.4 Å². The summed E-state index contributed by atoms with van der Waals surface area (Å²) >= 11 is 4.11. The van der Waals surface area contributed by atoms with Crippen LogP contribution in [0.5, 0.6) is 0 Å². The first-order valence-electron chi connectivity index (χ1n) is 7.09.